The summed E-state index contributed by atoms with van der Waals surface area (Å²) in [5.41, 5.74) is 0.656. The van der Waals surface area contributed by atoms with E-state index in [1.165, 1.54) is 24.3 Å². The van der Waals surface area contributed by atoms with Gasteiger partial charge in [-0.25, -0.2) is 8.42 Å². The molecule has 2 rings (SSSR count). The zero-order chi connectivity index (χ0) is 18.0. The number of aliphatic carboxylic acids is 1. The van der Waals surface area contributed by atoms with Crippen molar-refractivity contribution >= 4 is 16.0 Å². The number of hydrogen-bond donors (Lipinski definition) is 1. The lowest BCUT2D eigenvalue weighted by molar-refractivity contribution is -0.182. The third kappa shape index (κ3) is 4.47. The van der Waals surface area contributed by atoms with Gasteiger partial charge in [0.25, 0.3) is 0 Å². The van der Waals surface area contributed by atoms with Crippen LogP contribution in [0.4, 0.5) is 13.2 Å². The van der Waals surface area contributed by atoms with Gasteiger partial charge in [0.2, 0.25) is 10.0 Å². The Morgan fingerprint density at radius 2 is 1.88 bits per heavy atom. The minimum absolute atomic E-state index is 0.0652. The minimum atomic E-state index is -4.41. The number of hydrogen-bond acceptors (Lipinski definition) is 3. The maximum atomic E-state index is 12.8. The van der Waals surface area contributed by atoms with Crippen molar-refractivity contribution in [3.05, 3.63) is 29.8 Å². The number of piperidine rings is 1. The summed E-state index contributed by atoms with van der Waals surface area (Å²) in [6.07, 6.45) is -4.13. The van der Waals surface area contributed by atoms with Crippen molar-refractivity contribution in [1.82, 2.24) is 4.31 Å². The number of benzene rings is 1. The highest BCUT2D eigenvalue weighted by molar-refractivity contribution is 7.89. The average molecular weight is 365 g/mol. The summed E-state index contributed by atoms with van der Waals surface area (Å²) in [6.45, 7) is -0.498. The third-order valence-corrected chi connectivity index (χ3v) is 5.92. The summed E-state index contributed by atoms with van der Waals surface area (Å²) < 4.78 is 64.4. The normalized spacial score (nSPS) is 20.0. The lowest BCUT2D eigenvalue weighted by Crippen LogP contribution is -2.44. The average Bonchev–Trinajstić information content (AvgIpc) is 2.52. The SMILES string of the molecule is O=C(O)CCc1ccc(S(=O)(=O)N2CCC[C@@H](C(F)(F)F)C2)cc1. The van der Waals surface area contributed by atoms with Gasteiger partial charge in [0.15, 0.2) is 0 Å². The van der Waals surface area contributed by atoms with Gasteiger partial charge in [-0.3, -0.25) is 4.79 Å². The van der Waals surface area contributed by atoms with Crippen molar-refractivity contribution < 1.29 is 31.5 Å². The van der Waals surface area contributed by atoms with E-state index in [-0.39, 0.29) is 37.1 Å². The third-order valence-electron chi connectivity index (χ3n) is 4.04. The van der Waals surface area contributed by atoms with E-state index in [9.17, 15) is 26.4 Å². The molecule has 0 amide bonds. The highest BCUT2D eigenvalue weighted by Crippen LogP contribution is 2.34. The Kier molecular flexibility index (Phi) is 5.54. The first-order chi connectivity index (χ1) is 11.1. The first-order valence-corrected chi connectivity index (χ1v) is 8.92. The van der Waals surface area contributed by atoms with Crippen molar-refractivity contribution in [2.45, 2.75) is 36.8 Å². The number of alkyl halides is 3. The molecule has 0 radical (unpaired) electrons. The fourth-order valence-electron chi connectivity index (χ4n) is 2.66. The molecule has 5 nitrogen and oxygen atoms in total. The number of sulfonamides is 1. The molecule has 0 saturated carbocycles. The van der Waals surface area contributed by atoms with Gasteiger partial charge in [-0.15, -0.1) is 0 Å². The number of nitrogens with zero attached hydrogens (tertiary/aromatic N) is 1. The van der Waals surface area contributed by atoms with Crippen LogP contribution in [0.15, 0.2) is 29.2 Å². The molecule has 0 bridgehead atoms. The molecule has 0 aromatic heterocycles. The van der Waals surface area contributed by atoms with Crippen molar-refractivity contribution in [3.63, 3.8) is 0 Å². The van der Waals surface area contributed by atoms with Gasteiger partial charge >= 0.3 is 12.1 Å². The van der Waals surface area contributed by atoms with E-state index in [2.05, 4.69) is 0 Å². The van der Waals surface area contributed by atoms with E-state index in [4.69, 9.17) is 5.11 Å². The molecule has 1 aliphatic rings. The van der Waals surface area contributed by atoms with Crippen LogP contribution in [0.25, 0.3) is 0 Å². The molecular formula is C15H18F3NO4S. The van der Waals surface area contributed by atoms with Crippen molar-refractivity contribution in [2.24, 2.45) is 5.92 Å². The number of aryl methyl sites for hydroxylation is 1. The number of carbonyl (C=O) groups is 1. The van der Waals surface area contributed by atoms with Gasteiger partial charge in [0.05, 0.1) is 10.8 Å². The van der Waals surface area contributed by atoms with Gasteiger partial charge in [0.1, 0.15) is 0 Å². The summed E-state index contributed by atoms with van der Waals surface area (Å²) in [4.78, 5) is 10.4. The summed E-state index contributed by atoms with van der Waals surface area (Å²) in [7, 11) is -3.99. The monoisotopic (exact) mass is 365 g/mol. The summed E-state index contributed by atoms with van der Waals surface area (Å²) in [6, 6.07) is 5.59. The molecule has 0 aliphatic carbocycles. The van der Waals surface area contributed by atoms with E-state index in [1.54, 1.807) is 0 Å². The van der Waals surface area contributed by atoms with Crippen LogP contribution in [0.5, 0.6) is 0 Å². The second-order valence-electron chi connectivity index (χ2n) is 5.78. The lowest BCUT2D eigenvalue weighted by atomic mass is 9.99. The summed E-state index contributed by atoms with van der Waals surface area (Å²) in [5.74, 6) is -2.60. The first-order valence-electron chi connectivity index (χ1n) is 7.48. The van der Waals surface area contributed by atoms with Crippen molar-refractivity contribution in [3.8, 4) is 0 Å². The molecular weight excluding hydrogens is 347 g/mol. The first kappa shape index (κ1) is 18.7. The van der Waals surface area contributed by atoms with Gasteiger partial charge < -0.3 is 5.11 Å². The van der Waals surface area contributed by atoms with Crippen molar-refractivity contribution in [1.29, 1.82) is 0 Å². The van der Waals surface area contributed by atoms with Gasteiger partial charge in [-0.05, 0) is 37.0 Å². The van der Waals surface area contributed by atoms with E-state index in [0.717, 1.165) is 4.31 Å². The van der Waals surface area contributed by atoms with Crippen LogP contribution in [0, 0.1) is 5.92 Å². The number of halogens is 3. The molecule has 9 heteroatoms. The number of carboxylic acids is 1. The molecule has 134 valence electrons. The van der Waals surface area contributed by atoms with Crippen LogP contribution >= 0.6 is 0 Å². The van der Waals surface area contributed by atoms with Crippen LogP contribution in [-0.4, -0.2) is 43.1 Å². The highest BCUT2D eigenvalue weighted by Gasteiger charge is 2.44. The summed E-state index contributed by atoms with van der Waals surface area (Å²) in [5, 5.41) is 8.62. The lowest BCUT2D eigenvalue weighted by Gasteiger charge is -2.32. The molecule has 1 atom stereocenters. The standard InChI is InChI=1S/C15H18F3NO4S/c16-15(17,18)12-2-1-9-19(10-12)24(22,23)13-6-3-11(4-7-13)5-8-14(20)21/h3-4,6-7,12H,1-2,5,8-10H2,(H,20,21)/t12-/m1/s1. The van der Waals surface area contributed by atoms with Crippen LogP contribution in [0.1, 0.15) is 24.8 Å². The second kappa shape index (κ2) is 7.10. The Balaban J connectivity index is 2.13. The Hall–Kier alpha value is -1.61. The fraction of sp³-hybridized carbons (Fsp3) is 0.533. The quantitative estimate of drug-likeness (QED) is 0.871. The van der Waals surface area contributed by atoms with Crippen LogP contribution in [-0.2, 0) is 21.2 Å². The van der Waals surface area contributed by atoms with Gasteiger partial charge in [0, 0.05) is 19.5 Å². The maximum absolute atomic E-state index is 12.8. The predicted octanol–water partition coefficient (Wildman–Crippen LogP) is 2.67. The molecule has 0 unspecified atom stereocenters. The molecule has 1 fully saturated rings. The van der Waals surface area contributed by atoms with Crippen LogP contribution in [0.2, 0.25) is 0 Å². The Morgan fingerprint density at radius 1 is 1.25 bits per heavy atom. The molecule has 1 aliphatic heterocycles. The predicted molar refractivity (Wildman–Crippen MR) is 79.9 cm³/mol. The van der Waals surface area contributed by atoms with Crippen LogP contribution in [0.3, 0.4) is 0 Å². The van der Waals surface area contributed by atoms with E-state index >= 15 is 0 Å². The molecule has 1 N–H and O–H groups in total. The van der Waals surface area contributed by atoms with E-state index < -0.39 is 34.6 Å². The zero-order valence-electron chi connectivity index (χ0n) is 12.8. The molecule has 0 spiro atoms. The second-order valence-corrected chi connectivity index (χ2v) is 7.72. The molecule has 1 aromatic rings. The van der Waals surface area contributed by atoms with E-state index in [0.29, 0.717) is 5.56 Å². The Labute approximate surface area is 138 Å². The molecule has 1 heterocycles. The molecule has 24 heavy (non-hydrogen) atoms. The fourth-order valence-corrected chi connectivity index (χ4v) is 4.18. The maximum Gasteiger partial charge on any atom is 0.393 e. The Bertz CT molecular complexity index is 686. The number of rotatable bonds is 5. The molecule has 1 aromatic carbocycles. The molecule has 1 saturated heterocycles. The number of carboxylic acid groups (broad SMARTS) is 1. The smallest absolute Gasteiger partial charge is 0.393 e. The van der Waals surface area contributed by atoms with E-state index in [1.807, 2.05) is 0 Å². The summed E-state index contributed by atoms with van der Waals surface area (Å²) >= 11 is 0. The topological polar surface area (TPSA) is 74.7 Å². The largest absolute Gasteiger partial charge is 0.481 e. The Morgan fingerprint density at radius 3 is 2.42 bits per heavy atom. The van der Waals surface area contributed by atoms with Gasteiger partial charge in [-0.1, -0.05) is 12.1 Å². The highest BCUT2D eigenvalue weighted by atomic mass is 32.2. The van der Waals surface area contributed by atoms with Crippen molar-refractivity contribution in [2.75, 3.05) is 13.1 Å². The van der Waals surface area contributed by atoms with Crippen LogP contribution < -0.4 is 0 Å². The minimum Gasteiger partial charge on any atom is -0.481 e. The zero-order valence-corrected chi connectivity index (χ0v) is 13.6. The van der Waals surface area contributed by atoms with Gasteiger partial charge in [-0.2, -0.15) is 17.5 Å².